The van der Waals surface area contributed by atoms with Crippen LogP contribution < -0.4 is 10.6 Å². The molecule has 0 saturated heterocycles. The van der Waals surface area contributed by atoms with E-state index in [2.05, 4.69) is 10.6 Å². The fourth-order valence-corrected chi connectivity index (χ4v) is 2.15. The molecule has 0 saturated carbocycles. The van der Waals surface area contributed by atoms with E-state index in [1.165, 1.54) is 11.8 Å². The summed E-state index contributed by atoms with van der Waals surface area (Å²) in [5.74, 6) is -1.21. The molecule has 0 radical (unpaired) electrons. The Morgan fingerprint density at radius 3 is 2.30 bits per heavy atom. The molecule has 0 fully saturated rings. The number of hydrogen-bond donors (Lipinski definition) is 3. The molecule has 1 aromatic rings. The van der Waals surface area contributed by atoms with Gasteiger partial charge in [-0.1, -0.05) is 0 Å². The molecule has 0 bridgehead atoms. The van der Waals surface area contributed by atoms with Crippen molar-refractivity contribution in [1.82, 2.24) is 5.32 Å². The summed E-state index contributed by atoms with van der Waals surface area (Å²) in [4.78, 5) is 34.2. The van der Waals surface area contributed by atoms with Crippen molar-refractivity contribution in [2.75, 3.05) is 17.6 Å². The molecule has 0 aliphatic rings. The summed E-state index contributed by atoms with van der Waals surface area (Å²) in [7, 11) is 0. The number of rotatable bonds is 6. The number of nitrogens with one attached hydrogen (secondary N) is 2. The van der Waals surface area contributed by atoms with E-state index in [1.54, 1.807) is 24.3 Å². The average molecular weight is 340 g/mol. The van der Waals surface area contributed by atoms with Crippen molar-refractivity contribution in [1.29, 1.82) is 0 Å². The van der Waals surface area contributed by atoms with E-state index in [0.29, 0.717) is 5.69 Å². The van der Waals surface area contributed by atoms with Gasteiger partial charge in [-0.15, -0.1) is 11.8 Å². The summed E-state index contributed by atoms with van der Waals surface area (Å²) >= 11 is 1.33. The number of esters is 1. The molecule has 3 N–H and O–H groups in total. The molecule has 0 aromatic heterocycles. The van der Waals surface area contributed by atoms with Gasteiger partial charge >= 0.3 is 18.0 Å². The number of anilines is 1. The minimum absolute atomic E-state index is 0.198. The van der Waals surface area contributed by atoms with Crippen LogP contribution in [0.2, 0.25) is 0 Å². The molecule has 8 heteroatoms. The van der Waals surface area contributed by atoms with Gasteiger partial charge < -0.3 is 20.5 Å². The number of thioether (sulfide) groups is 1. The zero-order valence-corrected chi connectivity index (χ0v) is 14.0. The molecule has 0 atom stereocenters. The van der Waals surface area contributed by atoms with Gasteiger partial charge in [0.1, 0.15) is 12.1 Å². The van der Waals surface area contributed by atoms with Crippen LogP contribution in [0.4, 0.5) is 10.5 Å². The largest absolute Gasteiger partial charge is 0.480 e. The zero-order valence-electron chi connectivity index (χ0n) is 13.2. The van der Waals surface area contributed by atoms with Gasteiger partial charge in [0.05, 0.1) is 5.75 Å². The fourth-order valence-electron chi connectivity index (χ4n) is 1.48. The molecule has 23 heavy (non-hydrogen) atoms. The lowest BCUT2D eigenvalue weighted by Crippen LogP contribution is -2.33. The number of hydrogen-bond acceptors (Lipinski definition) is 5. The molecule has 1 aromatic carbocycles. The van der Waals surface area contributed by atoms with E-state index in [4.69, 9.17) is 9.84 Å². The number of carboxylic acid groups (broad SMARTS) is 1. The number of amides is 2. The van der Waals surface area contributed by atoms with E-state index < -0.39 is 24.1 Å². The van der Waals surface area contributed by atoms with Crippen molar-refractivity contribution in [2.24, 2.45) is 0 Å². The lowest BCUT2D eigenvalue weighted by molar-refractivity contribution is -0.151. The first kappa shape index (κ1) is 18.8. The van der Waals surface area contributed by atoms with Gasteiger partial charge in [-0.3, -0.25) is 9.59 Å². The summed E-state index contributed by atoms with van der Waals surface area (Å²) in [6.45, 7) is 4.98. The van der Waals surface area contributed by atoms with Crippen LogP contribution in [0.25, 0.3) is 0 Å². The third kappa shape index (κ3) is 8.72. The predicted molar refractivity (Wildman–Crippen MR) is 87.7 cm³/mol. The maximum atomic E-state index is 11.6. The summed E-state index contributed by atoms with van der Waals surface area (Å²) < 4.78 is 5.21. The molecule has 7 nitrogen and oxygen atoms in total. The highest BCUT2D eigenvalue weighted by molar-refractivity contribution is 8.00. The van der Waals surface area contributed by atoms with E-state index in [1.807, 2.05) is 20.8 Å². The van der Waals surface area contributed by atoms with E-state index in [-0.39, 0.29) is 11.7 Å². The van der Waals surface area contributed by atoms with Crippen molar-refractivity contribution in [3.63, 3.8) is 0 Å². The molecular weight excluding hydrogens is 320 g/mol. The van der Waals surface area contributed by atoms with Crippen molar-refractivity contribution in [2.45, 2.75) is 31.3 Å². The second-order valence-corrected chi connectivity index (χ2v) is 6.65. The number of carbonyl (C=O) groups is 3. The Kier molecular flexibility index (Phi) is 6.89. The zero-order chi connectivity index (χ0) is 17.5. The minimum Gasteiger partial charge on any atom is -0.480 e. The van der Waals surface area contributed by atoms with Gasteiger partial charge in [0, 0.05) is 10.6 Å². The number of benzene rings is 1. The number of aliphatic carboxylic acids is 1. The van der Waals surface area contributed by atoms with Crippen LogP contribution in [0.15, 0.2) is 29.2 Å². The summed E-state index contributed by atoms with van der Waals surface area (Å²) in [6, 6.07) is 6.24. The summed E-state index contributed by atoms with van der Waals surface area (Å²) in [6.07, 6.45) is 0. The third-order valence-electron chi connectivity index (χ3n) is 2.29. The van der Waals surface area contributed by atoms with Crippen molar-refractivity contribution >= 4 is 35.4 Å². The molecule has 1 rings (SSSR count). The van der Waals surface area contributed by atoms with Gasteiger partial charge in [-0.25, -0.2) is 4.79 Å². The van der Waals surface area contributed by atoms with Crippen LogP contribution in [-0.4, -0.2) is 41.0 Å². The molecule has 0 aliphatic carbocycles. The SMILES string of the molecule is CC(C)(C)OC(=O)CSc1ccc(NC(=O)NCC(=O)O)cc1. The van der Waals surface area contributed by atoms with Crippen LogP contribution in [0.1, 0.15) is 20.8 Å². The van der Waals surface area contributed by atoms with Gasteiger partial charge in [0.25, 0.3) is 0 Å². The summed E-state index contributed by atoms with van der Waals surface area (Å²) in [5.41, 5.74) is 0.0175. The Hall–Kier alpha value is -2.22. The van der Waals surface area contributed by atoms with Crippen LogP contribution in [0, 0.1) is 0 Å². The quantitative estimate of drug-likeness (QED) is 0.542. The Balaban J connectivity index is 2.43. The van der Waals surface area contributed by atoms with Crippen molar-refractivity contribution in [3.05, 3.63) is 24.3 Å². The monoisotopic (exact) mass is 340 g/mol. The van der Waals surface area contributed by atoms with Crippen LogP contribution in [0.5, 0.6) is 0 Å². The Morgan fingerprint density at radius 1 is 1.17 bits per heavy atom. The Morgan fingerprint density at radius 2 is 1.78 bits per heavy atom. The summed E-state index contributed by atoms with van der Waals surface area (Å²) in [5, 5.41) is 13.2. The first-order valence-corrected chi connectivity index (χ1v) is 7.85. The molecule has 0 spiro atoms. The number of carbonyl (C=O) groups excluding carboxylic acids is 2. The first-order chi connectivity index (χ1) is 10.7. The van der Waals surface area contributed by atoms with Gasteiger partial charge in [-0.05, 0) is 45.0 Å². The maximum Gasteiger partial charge on any atom is 0.323 e. The molecule has 0 unspecified atom stereocenters. The number of urea groups is 1. The highest BCUT2D eigenvalue weighted by Crippen LogP contribution is 2.21. The van der Waals surface area contributed by atoms with Gasteiger partial charge in [-0.2, -0.15) is 0 Å². The molecule has 2 amide bonds. The third-order valence-corrected chi connectivity index (χ3v) is 3.27. The normalized spacial score (nSPS) is 10.7. The van der Waals surface area contributed by atoms with E-state index in [0.717, 1.165) is 4.90 Å². The van der Waals surface area contributed by atoms with E-state index in [9.17, 15) is 14.4 Å². The Labute approximate surface area is 138 Å². The first-order valence-electron chi connectivity index (χ1n) is 6.87. The predicted octanol–water partition coefficient (Wildman–Crippen LogP) is 2.33. The lowest BCUT2D eigenvalue weighted by atomic mass is 10.2. The van der Waals surface area contributed by atoms with Crippen molar-refractivity contribution in [3.8, 4) is 0 Å². The Bertz CT molecular complexity index is 566. The van der Waals surface area contributed by atoms with Crippen LogP contribution in [0.3, 0.4) is 0 Å². The average Bonchev–Trinajstić information content (AvgIpc) is 2.42. The van der Waals surface area contributed by atoms with Crippen LogP contribution in [-0.2, 0) is 14.3 Å². The molecule has 0 aliphatic heterocycles. The topological polar surface area (TPSA) is 105 Å². The molecular formula is C15H20N2O5S. The molecule has 0 heterocycles. The number of ether oxygens (including phenoxy) is 1. The number of carboxylic acids is 1. The second kappa shape index (κ2) is 8.42. The smallest absolute Gasteiger partial charge is 0.323 e. The highest BCUT2D eigenvalue weighted by Gasteiger charge is 2.16. The van der Waals surface area contributed by atoms with E-state index >= 15 is 0 Å². The minimum atomic E-state index is -1.12. The van der Waals surface area contributed by atoms with Gasteiger partial charge in [0.2, 0.25) is 0 Å². The fraction of sp³-hybridized carbons (Fsp3) is 0.400. The standard InChI is InChI=1S/C15H20N2O5S/c1-15(2,3)22-13(20)9-23-11-6-4-10(5-7-11)17-14(21)16-8-12(18)19/h4-7H,8-9H2,1-3H3,(H,18,19)(H2,16,17,21). The van der Waals surface area contributed by atoms with Crippen LogP contribution >= 0.6 is 11.8 Å². The highest BCUT2D eigenvalue weighted by atomic mass is 32.2. The van der Waals surface area contributed by atoms with Gasteiger partial charge in [0.15, 0.2) is 0 Å². The lowest BCUT2D eigenvalue weighted by Gasteiger charge is -2.19. The van der Waals surface area contributed by atoms with Crippen molar-refractivity contribution < 1.29 is 24.2 Å². The molecule has 126 valence electrons. The second-order valence-electron chi connectivity index (χ2n) is 5.60. The maximum absolute atomic E-state index is 11.6.